The molecule has 0 heterocycles. The lowest BCUT2D eigenvalue weighted by atomic mass is 9.78. The first-order valence-corrected chi connectivity index (χ1v) is 35.1. The topological polar surface area (TPSA) is 228 Å². The molecule has 0 spiro atoms. The SMILES string of the molecule is CC(C)(C)c1cc(C(=O)NCCOCCOCCOCCOCC#Cc2ccc3ccc4c(C#CCOCCOCCOCCOCCNC(=O)c5cc(C(C)(C)C)c(OCCOCCOCCO)c(C(C)(C)C)c5)ccc5ccc2c3c54)cc(C(C)(C)C)c1OCCOCCOCCO. The van der Waals surface area contributed by atoms with Gasteiger partial charge in [-0.05, 0) is 90.4 Å². The summed E-state index contributed by atoms with van der Waals surface area (Å²) < 4.78 is 80.4. The molecule has 0 saturated heterocycles. The van der Waals surface area contributed by atoms with Crippen molar-refractivity contribution in [3.8, 4) is 35.2 Å². The molecule has 0 bridgehead atoms. The minimum absolute atomic E-state index is 0.0194. The molecule has 550 valence electrons. The van der Waals surface area contributed by atoms with Crippen molar-refractivity contribution in [1.82, 2.24) is 10.6 Å². The molecule has 0 aliphatic carbocycles. The number of rotatable bonds is 46. The summed E-state index contributed by atoms with van der Waals surface area (Å²) in [5, 5.41) is 30.5. The lowest BCUT2D eigenvalue weighted by Crippen LogP contribution is -2.29. The van der Waals surface area contributed by atoms with Crippen molar-refractivity contribution in [2.24, 2.45) is 0 Å². The van der Waals surface area contributed by atoms with Crippen LogP contribution < -0.4 is 20.1 Å². The second-order valence-corrected chi connectivity index (χ2v) is 27.9. The van der Waals surface area contributed by atoms with Crippen LogP contribution >= 0.6 is 0 Å². The molecule has 4 N–H and O–H groups in total. The molecule has 0 fully saturated rings. The second kappa shape index (κ2) is 43.4. The van der Waals surface area contributed by atoms with E-state index in [4.69, 9.17) is 76.5 Å². The van der Waals surface area contributed by atoms with Crippen molar-refractivity contribution in [2.45, 2.75) is 105 Å². The fraction of sp³-hybridized carbons (Fsp3) is 0.575. The van der Waals surface area contributed by atoms with E-state index in [1.54, 1.807) is 0 Å². The van der Waals surface area contributed by atoms with Crippen LogP contribution in [0, 0.1) is 23.7 Å². The standard InChI is InChI=1S/C80H112N2O18/c1-77(2,3)67-55-63(56-68(78(4,5)6)73(67)99-53-51-97-45-39-91-33-27-83)75(85)81-25-31-89-37-43-95-49-47-93-41-35-87-29-13-15-59-17-19-61-22-24-66-60(18-20-62-21-23-65(59)71(61)72(62)66)16-14-30-88-36-42-94-48-50-96-44-38-90-32-26-82-76(86)64-57-69(79(7,8)9)74(70(58-64)80(10,11)12)100-54-52-98-46-40-92-34-28-84/h17-24,55-58,83-84H,25-54H2,1-12H3,(H,81,85)(H,82,86). The van der Waals surface area contributed by atoms with E-state index in [1.165, 1.54) is 0 Å². The van der Waals surface area contributed by atoms with Gasteiger partial charge >= 0.3 is 0 Å². The fourth-order valence-corrected chi connectivity index (χ4v) is 10.8. The third-order valence-electron chi connectivity index (χ3n) is 15.9. The molecule has 0 radical (unpaired) electrons. The van der Waals surface area contributed by atoms with Gasteiger partial charge in [0, 0.05) is 57.6 Å². The Labute approximate surface area is 593 Å². The molecule has 20 heteroatoms. The first-order valence-electron chi connectivity index (χ1n) is 35.1. The highest BCUT2D eigenvalue weighted by Gasteiger charge is 2.31. The highest BCUT2D eigenvalue weighted by molar-refractivity contribution is 6.24. The van der Waals surface area contributed by atoms with Gasteiger partial charge in [-0.2, -0.15) is 0 Å². The zero-order valence-corrected chi connectivity index (χ0v) is 61.6. The summed E-state index contributed by atoms with van der Waals surface area (Å²) in [4.78, 5) is 26.9. The van der Waals surface area contributed by atoms with E-state index in [0.29, 0.717) is 170 Å². The van der Waals surface area contributed by atoms with Gasteiger partial charge in [0.2, 0.25) is 0 Å². The predicted molar refractivity (Wildman–Crippen MR) is 391 cm³/mol. The normalized spacial score (nSPS) is 12.1. The summed E-state index contributed by atoms with van der Waals surface area (Å²) in [6, 6.07) is 24.6. The summed E-state index contributed by atoms with van der Waals surface area (Å²) in [6.07, 6.45) is 0. The third kappa shape index (κ3) is 28.0. The number of carbonyl (C=O) groups is 2. The summed E-state index contributed by atoms with van der Waals surface area (Å²) in [5.74, 6) is 14.2. The van der Waals surface area contributed by atoms with Gasteiger partial charge in [-0.15, -0.1) is 0 Å². The lowest BCUT2D eigenvalue weighted by molar-refractivity contribution is 0.00175. The molecule has 0 atom stereocenters. The Kier molecular flexibility index (Phi) is 35.8. The number of carbonyl (C=O) groups excluding carboxylic acids is 2. The average molecular weight is 1390 g/mol. The number of nitrogens with one attached hydrogen (secondary N) is 2. The predicted octanol–water partition coefficient (Wildman–Crippen LogP) is 10.3. The van der Waals surface area contributed by atoms with Gasteiger partial charge in [-0.25, -0.2) is 0 Å². The van der Waals surface area contributed by atoms with E-state index < -0.39 is 0 Å². The van der Waals surface area contributed by atoms with Crippen molar-refractivity contribution >= 4 is 44.1 Å². The Morgan fingerprint density at radius 3 is 0.890 bits per heavy atom. The molecule has 6 rings (SSSR count). The monoisotopic (exact) mass is 1390 g/mol. The summed E-state index contributed by atoms with van der Waals surface area (Å²) in [6.45, 7) is 35.7. The second-order valence-electron chi connectivity index (χ2n) is 27.9. The highest BCUT2D eigenvalue weighted by atomic mass is 16.6. The maximum atomic E-state index is 13.4. The lowest BCUT2D eigenvalue weighted by Gasteiger charge is -2.30. The minimum Gasteiger partial charge on any atom is -0.491 e. The van der Waals surface area contributed by atoms with Crippen LogP contribution in [0.15, 0.2) is 72.8 Å². The maximum absolute atomic E-state index is 13.4. The van der Waals surface area contributed by atoms with Crippen LogP contribution in [0.3, 0.4) is 0 Å². The van der Waals surface area contributed by atoms with Crippen LogP contribution in [0.1, 0.15) is 137 Å². The van der Waals surface area contributed by atoms with E-state index in [9.17, 15) is 9.59 Å². The molecule has 0 unspecified atom stereocenters. The van der Waals surface area contributed by atoms with E-state index in [0.717, 1.165) is 77.2 Å². The molecule has 100 heavy (non-hydrogen) atoms. The molecule has 6 aromatic carbocycles. The maximum Gasteiger partial charge on any atom is 0.251 e. The van der Waals surface area contributed by atoms with Crippen LogP contribution in [0.25, 0.3) is 32.3 Å². The Hall–Kier alpha value is -6.54. The van der Waals surface area contributed by atoms with E-state index in [1.807, 2.05) is 24.3 Å². The largest absolute Gasteiger partial charge is 0.491 e. The number of amides is 2. The smallest absolute Gasteiger partial charge is 0.251 e. The zero-order chi connectivity index (χ0) is 72.2. The molecule has 2 amide bonds. The van der Waals surface area contributed by atoms with Crippen molar-refractivity contribution < 1.29 is 86.1 Å². The Balaban J connectivity index is 0.804. The first kappa shape index (κ1) is 82.4. The highest BCUT2D eigenvalue weighted by Crippen LogP contribution is 2.43. The Morgan fingerprint density at radius 2 is 0.600 bits per heavy atom. The Morgan fingerprint density at radius 1 is 0.340 bits per heavy atom. The van der Waals surface area contributed by atoms with E-state index in [-0.39, 0.29) is 73.1 Å². The van der Waals surface area contributed by atoms with Gasteiger partial charge in [0.25, 0.3) is 11.8 Å². The fourth-order valence-electron chi connectivity index (χ4n) is 10.8. The number of ether oxygens (including phenoxy) is 14. The number of aliphatic hydroxyl groups excluding tert-OH is 2. The average Bonchev–Trinajstić information content (AvgIpc) is 0.740. The molecule has 0 aliphatic rings. The minimum atomic E-state index is -0.291. The van der Waals surface area contributed by atoms with Gasteiger partial charge in [-0.1, -0.05) is 143 Å². The van der Waals surface area contributed by atoms with Crippen LogP contribution in [0.2, 0.25) is 0 Å². The van der Waals surface area contributed by atoms with E-state index >= 15 is 0 Å². The summed E-state index contributed by atoms with van der Waals surface area (Å²) in [5.41, 5.74) is 5.62. The first-order chi connectivity index (χ1) is 48.0. The van der Waals surface area contributed by atoms with Crippen LogP contribution in [-0.4, -0.2) is 220 Å². The van der Waals surface area contributed by atoms with Gasteiger partial charge in [-0.3, -0.25) is 9.59 Å². The molecule has 0 saturated carbocycles. The van der Waals surface area contributed by atoms with Gasteiger partial charge in [0.05, 0.1) is 159 Å². The van der Waals surface area contributed by atoms with Crippen LogP contribution in [-0.2, 0) is 78.5 Å². The molecule has 20 nitrogen and oxygen atoms in total. The number of hydrogen-bond donors (Lipinski definition) is 4. The molecule has 6 aromatic rings. The molecular formula is C80H112N2O18. The van der Waals surface area contributed by atoms with Crippen molar-refractivity contribution in [1.29, 1.82) is 0 Å². The number of aliphatic hydroxyl groups is 2. The molecule has 0 aliphatic heterocycles. The van der Waals surface area contributed by atoms with Gasteiger partial charge in [0.1, 0.15) is 37.9 Å². The van der Waals surface area contributed by atoms with Crippen molar-refractivity contribution in [2.75, 3.05) is 198 Å². The summed E-state index contributed by atoms with van der Waals surface area (Å²) in [7, 11) is 0. The quantitative estimate of drug-likeness (QED) is 0.0158. The van der Waals surface area contributed by atoms with Crippen LogP contribution in [0.5, 0.6) is 11.5 Å². The zero-order valence-electron chi connectivity index (χ0n) is 61.6. The van der Waals surface area contributed by atoms with Gasteiger partial charge in [0.15, 0.2) is 0 Å². The number of benzene rings is 6. The van der Waals surface area contributed by atoms with Crippen LogP contribution in [0.4, 0.5) is 0 Å². The number of hydrogen-bond acceptors (Lipinski definition) is 18. The van der Waals surface area contributed by atoms with Gasteiger partial charge < -0.3 is 87.2 Å². The third-order valence-corrected chi connectivity index (χ3v) is 15.9. The van der Waals surface area contributed by atoms with Crippen molar-refractivity contribution in [3.05, 3.63) is 117 Å². The Bertz CT molecular complexity index is 3240. The summed E-state index contributed by atoms with van der Waals surface area (Å²) >= 11 is 0. The molecule has 0 aromatic heterocycles. The van der Waals surface area contributed by atoms with E-state index in [2.05, 4.69) is 166 Å². The molecular weight excluding hydrogens is 1280 g/mol. The van der Waals surface area contributed by atoms with Crippen molar-refractivity contribution in [3.63, 3.8) is 0 Å².